The lowest BCUT2D eigenvalue weighted by atomic mass is 9.97. The molecule has 1 unspecified atom stereocenters. The van der Waals surface area contributed by atoms with Gasteiger partial charge in [-0.1, -0.05) is 12.5 Å². The van der Waals surface area contributed by atoms with E-state index in [0.29, 0.717) is 6.04 Å². The summed E-state index contributed by atoms with van der Waals surface area (Å²) in [5, 5.41) is 7.98. The van der Waals surface area contributed by atoms with Crippen LogP contribution in [0.1, 0.15) is 30.9 Å². The first kappa shape index (κ1) is 10.2. The normalized spacial score (nSPS) is 21.4. The van der Waals surface area contributed by atoms with Crippen LogP contribution in [0.3, 0.4) is 0 Å². The molecule has 3 rings (SSSR count). The molecule has 1 saturated heterocycles. The minimum Gasteiger partial charge on any atom is -0.234 e. The molecule has 0 amide bonds. The van der Waals surface area contributed by atoms with Crippen LogP contribution in [0.4, 0.5) is 4.39 Å². The highest BCUT2D eigenvalue weighted by Crippen LogP contribution is 2.34. The maximum absolute atomic E-state index is 13.1. The van der Waals surface area contributed by atoms with Gasteiger partial charge in [0.15, 0.2) is 0 Å². The van der Waals surface area contributed by atoms with Crippen molar-refractivity contribution < 1.29 is 4.39 Å². The molecule has 1 atom stereocenters. The van der Waals surface area contributed by atoms with Gasteiger partial charge in [-0.3, -0.25) is 0 Å². The molecule has 1 aromatic heterocycles. The molecule has 1 radical (unpaired) electrons. The van der Waals surface area contributed by atoms with Crippen molar-refractivity contribution in [1.82, 2.24) is 5.32 Å². The van der Waals surface area contributed by atoms with Crippen molar-refractivity contribution in [3.63, 3.8) is 0 Å². The fourth-order valence-corrected chi connectivity index (χ4v) is 3.35. The number of hydrogen-bond acceptors (Lipinski definition) is 1. The molecule has 0 aliphatic carbocycles. The minimum atomic E-state index is -0.151. The van der Waals surface area contributed by atoms with Crippen molar-refractivity contribution in [3.8, 4) is 0 Å². The average molecular weight is 234 g/mol. The Morgan fingerprint density at radius 2 is 2.25 bits per heavy atom. The molecule has 1 aliphatic heterocycles. The molecule has 2 aromatic rings. The van der Waals surface area contributed by atoms with Crippen molar-refractivity contribution in [3.05, 3.63) is 35.0 Å². The predicted molar refractivity (Wildman–Crippen MR) is 65.4 cm³/mol. The molecule has 3 heteroatoms. The van der Waals surface area contributed by atoms with E-state index in [1.54, 1.807) is 23.5 Å². The third-order valence-electron chi connectivity index (χ3n) is 3.16. The molecule has 0 bridgehead atoms. The summed E-state index contributed by atoms with van der Waals surface area (Å²) in [6.07, 6.45) is 3.61. The van der Waals surface area contributed by atoms with E-state index in [4.69, 9.17) is 0 Å². The van der Waals surface area contributed by atoms with E-state index in [1.165, 1.54) is 23.8 Å². The highest BCUT2D eigenvalue weighted by Gasteiger charge is 2.19. The van der Waals surface area contributed by atoms with Gasteiger partial charge in [-0.2, -0.15) is 0 Å². The Morgan fingerprint density at radius 1 is 1.31 bits per heavy atom. The van der Waals surface area contributed by atoms with Gasteiger partial charge in [0, 0.05) is 11.2 Å². The molecular weight excluding hydrogens is 221 g/mol. The zero-order valence-electron chi connectivity index (χ0n) is 8.95. The monoisotopic (exact) mass is 234 g/mol. The standard InChI is InChI=1S/C13H13FNS/c14-9-4-5-10-11(8-16-13(10)7-9)12-3-1-2-6-15-12/h4-5,7-8,12H,1-3,6H2. The molecular formula is C13H13FNS. The zero-order valence-corrected chi connectivity index (χ0v) is 9.77. The molecule has 83 valence electrons. The molecule has 16 heavy (non-hydrogen) atoms. The van der Waals surface area contributed by atoms with Crippen LogP contribution in [0.2, 0.25) is 0 Å². The molecule has 2 heterocycles. The molecule has 0 spiro atoms. The first-order chi connectivity index (χ1) is 7.84. The van der Waals surface area contributed by atoms with Gasteiger partial charge in [0.05, 0.1) is 6.04 Å². The summed E-state index contributed by atoms with van der Waals surface area (Å²) in [4.78, 5) is 0. The lowest BCUT2D eigenvalue weighted by Crippen LogP contribution is -2.19. The maximum Gasteiger partial charge on any atom is 0.124 e. The fraction of sp³-hybridized carbons (Fsp3) is 0.385. The Morgan fingerprint density at radius 3 is 3.06 bits per heavy atom. The summed E-state index contributed by atoms with van der Waals surface area (Å²) in [6, 6.07) is 5.39. The smallest absolute Gasteiger partial charge is 0.124 e. The van der Waals surface area contributed by atoms with Gasteiger partial charge >= 0.3 is 0 Å². The predicted octanol–water partition coefficient (Wildman–Crippen LogP) is 3.87. The molecule has 0 saturated carbocycles. The Bertz CT molecular complexity index is 500. The number of nitrogens with zero attached hydrogens (tertiary/aromatic N) is 1. The van der Waals surface area contributed by atoms with Crippen molar-refractivity contribution >= 4 is 21.4 Å². The number of fused-ring (bicyclic) bond motifs is 1. The van der Waals surface area contributed by atoms with Crippen molar-refractivity contribution in [2.24, 2.45) is 0 Å². The van der Waals surface area contributed by atoms with E-state index in [-0.39, 0.29) is 5.82 Å². The number of halogens is 1. The molecule has 0 N–H and O–H groups in total. The third kappa shape index (κ3) is 1.74. The molecule has 1 nitrogen and oxygen atoms in total. The SMILES string of the molecule is Fc1ccc2c(C3CCCC[N]3)csc2c1. The lowest BCUT2D eigenvalue weighted by Gasteiger charge is -2.21. The lowest BCUT2D eigenvalue weighted by molar-refractivity contribution is 0.406. The minimum absolute atomic E-state index is 0.151. The van der Waals surface area contributed by atoms with Crippen LogP contribution in [-0.2, 0) is 0 Å². The number of thiophene rings is 1. The van der Waals surface area contributed by atoms with Crippen molar-refractivity contribution in [1.29, 1.82) is 0 Å². The van der Waals surface area contributed by atoms with Crippen LogP contribution in [-0.4, -0.2) is 6.54 Å². The van der Waals surface area contributed by atoms with E-state index in [1.807, 2.05) is 6.07 Å². The topological polar surface area (TPSA) is 14.1 Å². The van der Waals surface area contributed by atoms with E-state index in [0.717, 1.165) is 17.7 Å². The van der Waals surface area contributed by atoms with Crippen LogP contribution in [0.5, 0.6) is 0 Å². The molecule has 1 aliphatic rings. The quantitative estimate of drug-likeness (QED) is 0.711. The van der Waals surface area contributed by atoms with Crippen LogP contribution in [0, 0.1) is 5.82 Å². The van der Waals surface area contributed by atoms with Crippen molar-refractivity contribution in [2.45, 2.75) is 25.3 Å². The van der Waals surface area contributed by atoms with E-state index in [2.05, 4.69) is 10.7 Å². The second-order valence-electron chi connectivity index (χ2n) is 4.25. The van der Waals surface area contributed by atoms with Crippen LogP contribution in [0.25, 0.3) is 10.1 Å². The van der Waals surface area contributed by atoms with Gasteiger partial charge in [-0.15, -0.1) is 11.3 Å². The highest BCUT2D eigenvalue weighted by molar-refractivity contribution is 7.17. The van der Waals surface area contributed by atoms with Crippen LogP contribution < -0.4 is 5.32 Å². The Labute approximate surface area is 98.3 Å². The largest absolute Gasteiger partial charge is 0.234 e. The summed E-state index contributed by atoms with van der Waals surface area (Å²) in [7, 11) is 0. The summed E-state index contributed by atoms with van der Waals surface area (Å²) >= 11 is 1.62. The summed E-state index contributed by atoms with van der Waals surface area (Å²) < 4.78 is 14.1. The van der Waals surface area contributed by atoms with E-state index in [9.17, 15) is 4.39 Å². The third-order valence-corrected chi connectivity index (χ3v) is 4.13. The summed E-state index contributed by atoms with van der Waals surface area (Å²) in [5.41, 5.74) is 1.29. The first-order valence-corrected chi connectivity index (χ1v) is 6.56. The van der Waals surface area contributed by atoms with Gasteiger partial charge in [-0.05, 0) is 41.3 Å². The van der Waals surface area contributed by atoms with Crippen molar-refractivity contribution in [2.75, 3.05) is 6.54 Å². The first-order valence-electron chi connectivity index (χ1n) is 5.68. The summed E-state index contributed by atoms with van der Waals surface area (Å²) in [6.45, 7) is 0.975. The molecule has 1 aromatic carbocycles. The highest BCUT2D eigenvalue weighted by atomic mass is 32.1. The average Bonchev–Trinajstić information content (AvgIpc) is 2.73. The van der Waals surface area contributed by atoms with Gasteiger partial charge in [0.2, 0.25) is 0 Å². The summed E-state index contributed by atoms with van der Waals surface area (Å²) in [5.74, 6) is -0.151. The van der Waals surface area contributed by atoms with E-state index < -0.39 is 0 Å². The zero-order chi connectivity index (χ0) is 11.0. The Hall–Kier alpha value is -0.930. The second kappa shape index (κ2) is 4.15. The molecule has 1 fully saturated rings. The van der Waals surface area contributed by atoms with Crippen LogP contribution in [0.15, 0.2) is 23.6 Å². The Balaban J connectivity index is 2.03. The number of hydrogen-bond donors (Lipinski definition) is 0. The van der Waals surface area contributed by atoms with Gasteiger partial charge in [-0.25, -0.2) is 9.71 Å². The Kier molecular flexibility index (Phi) is 2.65. The second-order valence-corrected chi connectivity index (χ2v) is 5.16. The van der Waals surface area contributed by atoms with Gasteiger partial charge in [0.1, 0.15) is 5.82 Å². The van der Waals surface area contributed by atoms with Crippen LogP contribution >= 0.6 is 11.3 Å². The van der Waals surface area contributed by atoms with Gasteiger partial charge in [0.25, 0.3) is 0 Å². The maximum atomic E-state index is 13.1. The number of benzene rings is 1. The fourth-order valence-electron chi connectivity index (χ4n) is 2.32. The van der Waals surface area contributed by atoms with E-state index >= 15 is 0 Å². The van der Waals surface area contributed by atoms with Gasteiger partial charge < -0.3 is 0 Å². The number of rotatable bonds is 1. The number of piperidine rings is 1.